The summed E-state index contributed by atoms with van der Waals surface area (Å²) in [4.78, 5) is 0. The average molecular weight is 336 g/mol. The fourth-order valence-corrected chi connectivity index (χ4v) is 2.73. The molecule has 1 atom stereocenters. The maximum Gasteiger partial charge on any atom is 0.0555 e. The van der Waals surface area contributed by atoms with E-state index in [1.54, 1.807) is 0 Å². The van der Waals surface area contributed by atoms with Gasteiger partial charge in [-0.25, -0.2) is 0 Å². The standard InChI is InChI=1S/C18H22ClNO.CH4O/c19-18-9-5-4-8-17(18)14-16(10-11-20-12-13-21)15-6-2-1-3-7-15;1-2/h1-9,16,20-21H,10-14H2;2H,1H3/t16-;/m0./s1. The summed E-state index contributed by atoms with van der Waals surface area (Å²) in [5.41, 5.74) is 2.53. The SMILES string of the molecule is CO.OCCNCC[C@@H](Cc1ccccc1Cl)c1ccccc1. The van der Waals surface area contributed by atoms with E-state index >= 15 is 0 Å². The molecule has 0 radical (unpaired) electrons. The van der Waals surface area contributed by atoms with Crippen molar-refractivity contribution in [2.45, 2.75) is 18.8 Å². The number of benzene rings is 2. The van der Waals surface area contributed by atoms with E-state index in [2.05, 4.69) is 35.6 Å². The number of aliphatic hydroxyl groups excluding tert-OH is 2. The molecule has 3 nitrogen and oxygen atoms in total. The number of hydrogen-bond donors (Lipinski definition) is 3. The van der Waals surface area contributed by atoms with E-state index in [4.69, 9.17) is 21.8 Å². The minimum absolute atomic E-state index is 0.181. The molecule has 2 rings (SSSR count). The Morgan fingerprint density at radius 3 is 2.26 bits per heavy atom. The summed E-state index contributed by atoms with van der Waals surface area (Å²) in [6.45, 7) is 1.72. The monoisotopic (exact) mass is 335 g/mol. The molecule has 0 aliphatic heterocycles. The van der Waals surface area contributed by atoms with Gasteiger partial charge in [-0.15, -0.1) is 0 Å². The van der Waals surface area contributed by atoms with Gasteiger partial charge < -0.3 is 15.5 Å². The van der Waals surface area contributed by atoms with E-state index in [1.165, 1.54) is 11.1 Å². The highest BCUT2D eigenvalue weighted by molar-refractivity contribution is 6.31. The van der Waals surface area contributed by atoms with Crippen molar-refractivity contribution in [1.82, 2.24) is 5.32 Å². The molecule has 0 fully saturated rings. The third-order valence-corrected chi connectivity index (χ3v) is 4.02. The maximum absolute atomic E-state index is 8.84. The lowest BCUT2D eigenvalue weighted by Crippen LogP contribution is -2.21. The second-order valence-corrected chi connectivity index (χ2v) is 5.57. The summed E-state index contributed by atoms with van der Waals surface area (Å²) in [5.74, 6) is 0.428. The molecule has 3 N–H and O–H groups in total. The highest BCUT2D eigenvalue weighted by Gasteiger charge is 2.13. The molecule has 23 heavy (non-hydrogen) atoms. The lowest BCUT2D eigenvalue weighted by atomic mass is 9.89. The van der Waals surface area contributed by atoms with E-state index in [0.29, 0.717) is 12.5 Å². The topological polar surface area (TPSA) is 52.5 Å². The van der Waals surface area contributed by atoms with Gasteiger partial charge >= 0.3 is 0 Å². The quantitative estimate of drug-likeness (QED) is 0.649. The first-order chi connectivity index (χ1) is 11.3. The Morgan fingerprint density at radius 2 is 1.61 bits per heavy atom. The highest BCUT2D eigenvalue weighted by atomic mass is 35.5. The normalized spacial score (nSPS) is 11.5. The predicted octanol–water partition coefficient (Wildman–Crippen LogP) is 3.25. The molecule has 0 unspecified atom stereocenters. The van der Waals surface area contributed by atoms with Crippen LogP contribution in [0.3, 0.4) is 0 Å². The van der Waals surface area contributed by atoms with Crippen molar-refractivity contribution in [2.24, 2.45) is 0 Å². The van der Waals surface area contributed by atoms with E-state index in [-0.39, 0.29) is 6.61 Å². The zero-order valence-corrected chi connectivity index (χ0v) is 14.3. The van der Waals surface area contributed by atoms with Gasteiger partial charge in [0.1, 0.15) is 0 Å². The zero-order chi connectivity index (χ0) is 16.9. The number of rotatable bonds is 8. The molecule has 0 heterocycles. The van der Waals surface area contributed by atoms with Crippen LogP contribution in [0.15, 0.2) is 54.6 Å². The summed E-state index contributed by atoms with van der Waals surface area (Å²) in [6.07, 6.45) is 1.96. The molecular formula is C19H26ClNO2. The largest absolute Gasteiger partial charge is 0.400 e. The van der Waals surface area contributed by atoms with E-state index < -0.39 is 0 Å². The molecule has 126 valence electrons. The van der Waals surface area contributed by atoms with Crippen molar-refractivity contribution in [3.8, 4) is 0 Å². The van der Waals surface area contributed by atoms with Crippen LogP contribution in [0.5, 0.6) is 0 Å². The minimum Gasteiger partial charge on any atom is -0.400 e. The Hall–Kier alpha value is -1.39. The van der Waals surface area contributed by atoms with Gasteiger partial charge in [-0.05, 0) is 42.5 Å². The number of hydrogen-bond acceptors (Lipinski definition) is 3. The maximum atomic E-state index is 8.84. The average Bonchev–Trinajstić information content (AvgIpc) is 2.62. The van der Waals surface area contributed by atoms with E-state index in [1.807, 2.05) is 24.3 Å². The molecule has 0 amide bonds. The van der Waals surface area contributed by atoms with E-state index in [0.717, 1.165) is 31.5 Å². The highest BCUT2D eigenvalue weighted by Crippen LogP contribution is 2.27. The lowest BCUT2D eigenvalue weighted by molar-refractivity contribution is 0.291. The van der Waals surface area contributed by atoms with Gasteiger partial charge in [0.15, 0.2) is 0 Å². The molecule has 0 saturated carbocycles. The van der Waals surface area contributed by atoms with Crippen molar-refractivity contribution < 1.29 is 10.2 Å². The van der Waals surface area contributed by atoms with Crippen LogP contribution in [0.4, 0.5) is 0 Å². The van der Waals surface area contributed by atoms with Crippen LogP contribution in [-0.4, -0.2) is 37.0 Å². The van der Waals surface area contributed by atoms with Crippen molar-refractivity contribution >= 4 is 11.6 Å². The fourth-order valence-electron chi connectivity index (χ4n) is 2.52. The molecule has 2 aromatic rings. The van der Waals surface area contributed by atoms with Gasteiger partial charge in [0, 0.05) is 18.7 Å². The first-order valence-corrected chi connectivity index (χ1v) is 8.23. The second-order valence-electron chi connectivity index (χ2n) is 5.17. The molecule has 0 saturated heterocycles. The van der Waals surface area contributed by atoms with Gasteiger partial charge in [0.05, 0.1) is 6.61 Å². The van der Waals surface area contributed by atoms with Crippen LogP contribution in [0, 0.1) is 0 Å². The third-order valence-electron chi connectivity index (χ3n) is 3.65. The summed E-state index contributed by atoms with van der Waals surface area (Å²) in [5, 5.41) is 19.9. The van der Waals surface area contributed by atoms with Crippen molar-refractivity contribution in [1.29, 1.82) is 0 Å². The van der Waals surface area contributed by atoms with Crippen LogP contribution in [-0.2, 0) is 6.42 Å². The number of aliphatic hydroxyl groups is 2. The van der Waals surface area contributed by atoms with Gasteiger partial charge in [0.25, 0.3) is 0 Å². The second kappa shape index (κ2) is 12.1. The minimum atomic E-state index is 0.181. The molecule has 0 aromatic heterocycles. The molecule has 2 aromatic carbocycles. The Kier molecular flexibility index (Phi) is 10.3. The lowest BCUT2D eigenvalue weighted by Gasteiger charge is -2.18. The Bertz CT molecular complexity index is 534. The van der Waals surface area contributed by atoms with Crippen LogP contribution in [0.25, 0.3) is 0 Å². The summed E-state index contributed by atoms with van der Waals surface area (Å²) in [7, 11) is 1.00. The Labute approximate surface area is 143 Å². The Morgan fingerprint density at radius 1 is 0.957 bits per heavy atom. The van der Waals surface area contributed by atoms with Crippen LogP contribution < -0.4 is 5.32 Å². The zero-order valence-electron chi connectivity index (χ0n) is 13.6. The smallest absolute Gasteiger partial charge is 0.0555 e. The molecule has 0 bridgehead atoms. The Balaban J connectivity index is 0.00000127. The summed E-state index contributed by atoms with van der Waals surface area (Å²) >= 11 is 6.29. The molecule has 4 heteroatoms. The van der Waals surface area contributed by atoms with Gasteiger partial charge in [-0.1, -0.05) is 60.1 Å². The molecule has 0 aliphatic carbocycles. The van der Waals surface area contributed by atoms with Gasteiger partial charge in [0.2, 0.25) is 0 Å². The first-order valence-electron chi connectivity index (χ1n) is 7.86. The third kappa shape index (κ3) is 7.14. The number of nitrogens with one attached hydrogen (secondary N) is 1. The molecule has 0 spiro atoms. The van der Waals surface area contributed by atoms with Crippen molar-refractivity contribution in [3.05, 3.63) is 70.7 Å². The summed E-state index contributed by atoms with van der Waals surface area (Å²) < 4.78 is 0. The van der Waals surface area contributed by atoms with Crippen LogP contribution >= 0.6 is 11.6 Å². The molecule has 0 aliphatic rings. The van der Waals surface area contributed by atoms with Gasteiger partial charge in [-0.3, -0.25) is 0 Å². The summed E-state index contributed by atoms with van der Waals surface area (Å²) in [6, 6.07) is 18.6. The molecular weight excluding hydrogens is 310 g/mol. The van der Waals surface area contributed by atoms with Crippen LogP contribution in [0.1, 0.15) is 23.5 Å². The van der Waals surface area contributed by atoms with Crippen LogP contribution in [0.2, 0.25) is 5.02 Å². The number of halogens is 1. The fraction of sp³-hybridized carbons (Fsp3) is 0.368. The van der Waals surface area contributed by atoms with E-state index in [9.17, 15) is 0 Å². The first kappa shape index (κ1) is 19.7. The van der Waals surface area contributed by atoms with Crippen molar-refractivity contribution in [2.75, 3.05) is 26.8 Å². The van der Waals surface area contributed by atoms with Gasteiger partial charge in [-0.2, -0.15) is 0 Å². The van der Waals surface area contributed by atoms with Crippen molar-refractivity contribution in [3.63, 3.8) is 0 Å². The predicted molar refractivity (Wildman–Crippen MR) is 97.1 cm³/mol.